The summed E-state index contributed by atoms with van der Waals surface area (Å²) < 4.78 is 5.29. The van der Waals surface area contributed by atoms with E-state index in [1.165, 1.54) is 18.9 Å². The van der Waals surface area contributed by atoms with Gasteiger partial charge >= 0.3 is 0 Å². The zero-order valence-corrected chi connectivity index (χ0v) is 20.5. The first-order chi connectivity index (χ1) is 16.7. The predicted molar refractivity (Wildman–Crippen MR) is 128 cm³/mol. The number of hydrogen-bond acceptors (Lipinski definition) is 7. The second-order valence-electron chi connectivity index (χ2n) is 11.7. The number of nitrogens with one attached hydrogen (secondary N) is 1. The van der Waals surface area contributed by atoms with Crippen molar-refractivity contribution in [3.63, 3.8) is 0 Å². The Morgan fingerprint density at radius 2 is 1.94 bits per heavy atom. The molecular formula is C27H36N2O6. The number of hydrogen-bond donors (Lipinski definition) is 5. The monoisotopic (exact) mass is 484 g/mol. The number of piperidine rings is 1. The standard InChI is InChI=1S/C27H36N2O6/c1-15-22(31)18(24(33)28-25(7-8-25)14-35-2)12-27(34)20-11-17-5-6-19(30)23(32)21(17)26(15,27)9-10-29(20)13-16-3-4-16/h5-6,15-16,20,30-32,34H,3-4,7-14H2,1-2H3,(H,28,33)/t15-,20+,26+,27+/m0/s1. The molecule has 6 rings (SSSR count). The van der Waals surface area contributed by atoms with Crippen LogP contribution in [-0.2, 0) is 21.4 Å². The highest BCUT2D eigenvalue weighted by Crippen LogP contribution is 2.64. The number of fused-ring (bicyclic) bond motifs is 1. The zero-order chi connectivity index (χ0) is 24.8. The van der Waals surface area contributed by atoms with Gasteiger partial charge in [0.15, 0.2) is 11.5 Å². The Kier molecular flexibility index (Phi) is 5.03. The van der Waals surface area contributed by atoms with Crippen LogP contribution in [0.3, 0.4) is 0 Å². The van der Waals surface area contributed by atoms with Gasteiger partial charge in [0, 0.05) is 43.0 Å². The number of phenolic OH excluding ortho intramolecular Hbond substituents is 2. The van der Waals surface area contributed by atoms with Crippen LogP contribution < -0.4 is 5.32 Å². The molecule has 2 saturated carbocycles. The molecule has 1 aromatic rings. The highest BCUT2D eigenvalue weighted by Gasteiger charge is 2.69. The summed E-state index contributed by atoms with van der Waals surface area (Å²) >= 11 is 0. The molecule has 35 heavy (non-hydrogen) atoms. The van der Waals surface area contributed by atoms with Crippen LogP contribution in [0.5, 0.6) is 11.5 Å². The van der Waals surface area contributed by atoms with Crippen molar-refractivity contribution in [1.29, 1.82) is 0 Å². The number of methoxy groups -OCH3 is 1. The number of likely N-dealkylation sites (tertiary alicyclic amines) is 1. The molecule has 5 aliphatic rings. The Morgan fingerprint density at radius 3 is 2.60 bits per heavy atom. The van der Waals surface area contributed by atoms with Crippen molar-refractivity contribution < 1.29 is 30.0 Å². The molecule has 1 aliphatic heterocycles. The Labute approximate surface area is 205 Å². The van der Waals surface area contributed by atoms with Crippen LogP contribution in [0.4, 0.5) is 0 Å². The molecule has 0 aromatic heterocycles. The number of carbonyl (C=O) groups is 1. The lowest BCUT2D eigenvalue weighted by molar-refractivity contribution is -0.171. The van der Waals surface area contributed by atoms with Crippen LogP contribution in [0.25, 0.3) is 0 Å². The molecule has 4 aliphatic carbocycles. The van der Waals surface area contributed by atoms with Crippen molar-refractivity contribution in [2.24, 2.45) is 11.8 Å². The van der Waals surface area contributed by atoms with Crippen LogP contribution in [0.15, 0.2) is 23.5 Å². The molecule has 0 radical (unpaired) electrons. The fourth-order valence-electron chi connectivity index (χ4n) is 7.46. The number of phenols is 2. The maximum absolute atomic E-state index is 13.5. The van der Waals surface area contributed by atoms with Gasteiger partial charge in [0.1, 0.15) is 5.76 Å². The van der Waals surface area contributed by atoms with Crippen LogP contribution in [0, 0.1) is 11.8 Å². The lowest BCUT2D eigenvalue weighted by atomic mass is 9.46. The summed E-state index contributed by atoms with van der Waals surface area (Å²) in [6.07, 6.45) is 5.08. The highest BCUT2D eigenvalue weighted by molar-refractivity contribution is 5.95. The van der Waals surface area contributed by atoms with Crippen LogP contribution in [-0.4, -0.2) is 75.2 Å². The van der Waals surface area contributed by atoms with E-state index >= 15 is 0 Å². The Morgan fingerprint density at radius 1 is 1.20 bits per heavy atom. The van der Waals surface area contributed by atoms with Crippen LogP contribution >= 0.6 is 0 Å². The van der Waals surface area contributed by atoms with Crippen molar-refractivity contribution in [2.45, 2.75) is 74.5 Å². The maximum atomic E-state index is 13.5. The van der Waals surface area contributed by atoms with Crippen molar-refractivity contribution in [3.8, 4) is 11.5 Å². The van der Waals surface area contributed by atoms with E-state index in [9.17, 15) is 25.2 Å². The normalized spacial score (nSPS) is 35.3. The van der Waals surface area contributed by atoms with E-state index in [-0.39, 0.29) is 41.2 Å². The van der Waals surface area contributed by atoms with E-state index in [1.54, 1.807) is 7.11 Å². The minimum atomic E-state index is -1.38. The topological polar surface area (TPSA) is 122 Å². The number of nitrogens with zero attached hydrogens (tertiary/aromatic N) is 1. The van der Waals surface area contributed by atoms with E-state index in [1.807, 2.05) is 13.0 Å². The molecule has 190 valence electrons. The Balaban J connectivity index is 1.47. The number of amides is 1. The predicted octanol–water partition coefficient (Wildman–Crippen LogP) is 2.25. The fourth-order valence-corrected chi connectivity index (χ4v) is 7.46. The van der Waals surface area contributed by atoms with Crippen LogP contribution in [0.1, 0.15) is 56.6 Å². The van der Waals surface area contributed by atoms with E-state index in [4.69, 9.17) is 4.74 Å². The number of ether oxygens (including phenoxy) is 1. The third-order valence-electron chi connectivity index (χ3n) is 9.68. The summed E-state index contributed by atoms with van der Waals surface area (Å²) in [5.74, 6) is -0.821. The summed E-state index contributed by atoms with van der Waals surface area (Å²) in [5.41, 5.74) is -1.16. The van der Waals surface area contributed by atoms with Gasteiger partial charge in [-0.2, -0.15) is 0 Å². The average Bonchev–Trinajstić information content (AvgIpc) is 3.74. The summed E-state index contributed by atoms with van der Waals surface area (Å²) in [7, 11) is 1.61. The van der Waals surface area contributed by atoms with Gasteiger partial charge in [0.05, 0.1) is 23.3 Å². The first kappa shape index (κ1) is 23.1. The van der Waals surface area contributed by atoms with Gasteiger partial charge in [0.25, 0.3) is 5.91 Å². The third-order valence-corrected chi connectivity index (χ3v) is 9.68. The third kappa shape index (κ3) is 3.19. The molecule has 3 fully saturated rings. The number of aliphatic hydroxyl groups excluding tert-OH is 1. The number of aromatic hydroxyl groups is 2. The molecule has 1 amide bonds. The van der Waals surface area contributed by atoms with Gasteiger partial charge in [0.2, 0.25) is 0 Å². The first-order valence-corrected chi connectivity index (χ1v) is 12.9. The number of aliphatic hydroxyl groups is 2. The highest BCUT2D eigenvalue weighted by atomic mass is 16.5. The van der Waals surface area contributed by atoms with Gasteiger partial charge in [-0.05, 0) is 62.6 Å². The smallest absolute Gasteiger partial charge is 0.251 e. The quantitative estimate of drug-likeness (QED) is 0.393. The van der Waals surface area contributed by atoms with E-state index in [2.05, 4.69) is 10.2 Å². The molecule has 1 saturated heterocycles. The van der Waals surface area contributed by atoms with Crippen molar-refractivity contribution in [3.05, 3.63) is 34.6 Å². The SMILES string of the molecule is COCC1(NC(=O)C2=C(O)[C@H](C)[C@]34CCN(CC5CC5)[C@H](Cc5ccc(O)c(O)c53)[C@]4(O)C2)CC1. The van der Waals surface area contributed by atoms with E-state index in [0.717, 1.165) is 31.5 Å². The molecule has 0 unspecified atom stereocenters. The van der Waals surface area contributed by atoms with Crippen molar-refractivity contribution >= 4 is 5.91 Å². The lowest BCUT2D eigenvalue weighted by Gasteiger charge is -2.65. The Hall–Kier alpha value is -2.29. The molecule has 4 atom stereocenters. The lowest BCUT2D eigenvalue weighted by Crippen LogP contribution is -2.75. The largest absolute Gasteiger partial charge is 0.512 e. The molecule has 5 N–H and O–H groups in total. The zero-order valence-electron chi connectivity index (χ0n) is 20.5. The Bertz CT molecular complexity index is 1110. The number of rotatable bonds is 6. The van der Waals surface area contributed by atoms with Crippen LogP contribution in [0.2, 0.25) is 0 Å². The summed E-state index contributed by atoms with van der Waals surface area (Å²) in [5, 5.41) is 48.6. The van der Waals surface area contributed by atoms with E-state index in [0.29, 0.717) is 30.9 Å². The number of benzene rings is 1. The second-order valence-corrected chi connectivity index (χ2v) is 11.7. The van der Waals surface area contributed by atoms with Gasteiger partial charge in [-0.1, -0.05) is 13.0 Å². The molecule has 1 heterocycles. The van der Waals surface area contributed by atoms with Gasteiger partial charge in [-0.3, -0.25) is 9.69 Å². The molecule has 0 spiro atoms. The summed E-state index contributed by atoms with van der Waals surface area (Å²) in [4.78, 5) is 15.8. The number of allylic oxidation sites excluding steroid dienone is 1. The first-order valence-electron chi connectivity index (χ1n) is 12.9. The molecule has 8 nitrogen and oxygen atoms in total. The summed E-state index contributed by atoms with van der Waals surface area (Å²) in [6, 6.07) is 3.08. The number of carbonyl (C=O) groups excluding carboxylic acids is 1. The van der Waals surface area contributed by atoms with Crippen molar-refractivity contribution in [2.75, 3.05) is 26.8 Å². The molecule has 2 bridgehead atoms. The van der Waals surface area contributed by atoms with Gasteiger partial charge in [-0.25, -0.2) is 0 Å². The molecule has 8 heteroatoms. The average molecular weight is 485 g/mol. The summed E-state index contributed by atoms with van der Waals surface area (Å²) in [6.45, 7) is 3.88. The minimum Gasteiger partial charge on any atom is -0.512 e. The van der Waals surface area contributed by atoms with E-state index < -0.39 is 22.5 Å². The molecule has 1 aromatic carbocycles. The molecular weight excluding hydrogens is 448 g/mol. The minimum absolute atomic E-state index is 0.00155. The second kappa shape index (κ2) is 7.60. The van der Waals surface area contributed by atoms with Gasteiger partial charge < -0.3 is 30.5 Å². The maximum Gasteiger partial charge on any atom is 0.251 e. The van der Waals surface area contributed by atoms with Gasteiger partial charge in [-0.15, -0.1) is 0 Å². The van der Waals surface area contributed by atoms with Crippen molar-refractivity contribution in [1.82, 2.24) is 10.2 Å². The fraction of sp³-hybridized carbons (Fsp3) is 0.667.